The molecule has 0 amide bonds. The molecule has 0 bridgehead atoms. The molecule has 1 aromatic rings. The van der Waals surface area contributed by atoms with Crippen molar-refractivity contribution in [3.8, 4) is 0 Å². The Morgan fingerprint density at radius 1 is 1.29 bits per heavy atom. The lowest BCUT2D eigenvalue weighted by atomic mass is 9.88. The average Bonchev–Trinajstić information content (AvgIpc) is 2.93. The summed E-state index contributed by atoms with van der Waals surface area (Å²) in [4.78, 5) is 6.93. The first-order valence-electron chi connectivity index (χ1n) is 8.55. The van der Waals surface area contributed by atoms with Crippen LogP contribution in [-0.2, 0) is 6.54 Å². The van der Waals surface area contributed by atoms with Gasteiger partial charge in [-0.2, -0.15) is 0 Å². The number of piperazine rings is 1. The van der Waals surface area contributed by atoms with Crippen molar-refractivity contribution < 1.29 is 0 Å². The summed E-state index contributed by atoms with van der Waals surface area (Å²) in [6, 6.07) is 4.99. The highest BCUT2D eigenvalue weighted by Crippen LogP contribution is 2.38. The second-order valence-electron chi connectivity index (χ2n) is 7.37. The largest absolute Gasteiger partial charge is 0.311 e. The van der Waals surface area contributed by atoms with Crippen LogP contribution in [0.2, 0.25) is 0 Å². The first-order chi connectivity index (χ1) is 10.2. The van der Waals surface area contributed by atoms with E-state index in [1.807, 2.05) is 12.4 Å². The van der Waals surface area contributed by atoms with Crippen LogP contribution in [-0.4, -0.2) is 34.6 Å². The van der Waals surface area contributed by atoms with Crippen molar-refractivity contribution in [3.63, 3.8) is 0 Å². The van der Waals surface area contributed by atoms with Crippen molar-refractivity contribution in [1.82, 2.24) is 15.2 Å². The molecule has 1 saturated heterocycles. The molecule has 0 aromatic carbocycles. The molecule has 1 N–H and O–H groups in total. The van der Waals surface area contributed by atoms with E-state index in [1.165, 1.54) is 50.8 Å². The molecule has 0 radical (unpaired) electrons. The zero-order valence-electron chi connectivity index (χ0n) is 13.5. The van der Waals surface area contributed by atoms with Gasteiger partial charge in [-0.15, -0.1) is 0 Å². The first-order valence-corrected chi connectivity index (χ1v) is 8.55. The highest BCUT2D eigenvalue weighted by Gasteiger charge is 2.43. The third-order valence-corrected chi connectivity index (χ3v) is 5.24. The van der Waals surface area contributed by atoms with Gasteiger partial charge in [-0.3, -0.25) is 9.88 Å². The van der Waals surface area contributed by atoms with Crippen LogP contribution in [0.4, 0.5) is 0 Å². The SMILES string of the molecule is CC(C)CC1CN(Cc2ccncc2)C2(CCCC2)CN1. The zero-order valence-corrected chi connectivity index (χ0v) is 13.5. The summed E-state index contributed by atoms with van der Waals surface area (Å²) in [5.74, 6) is 0.767. The number of nitrogens with one attached hydrogen (secondary N) is 1. The van der Waals surface area contributed by atoms with Gasteiger partial charge in [0, 0.05) is 43.6 Å². The standard InChI is InChI=1S/C18H29N3/c1-15(2)11-17-13-21(12-16-5-9-19-10-6-16)18(14-20-17)7-3-4-8-18/h5-6,9-10,15,17,20H,3-4,7-8,11-14H2,1-2H3. The Morgan fingerprint density at radius 2 is 2.00 bits per heavy atom. The quantitative estimate of drug-likeness (QED) is 0.921. The summed E-state index contributed by atoms with van der Waals surface area (Å²) in [5, 5.41) is 3.84. The van der Waals surface area contributed by atoms with E-state index in [9.17, 15) is 0 Å². The monoisotopic (exact) mass is 287 g/mol. The van der Waals surface area contributed by atoms with Gasteiger partial charge < -0.3 is 5.32 Å². The van der Waals surface area contributed by atoms with Gasteiger partial charge in [0.15, 0.2) is 0 Å². The van der Waals surface area contributed by atoms with Crippen LogP contribution < -0.4 is 5.32 Å². The van der Waals surface area contributed by atoms with E-state index >= 15 is 0 Å². The van der Waals surface area contributed by atoms with Crippen LogP contribution in [0.1, 0.15) is 51.5 Å². The maximum absolute atomic E-state index is 4.15. The number of hydrogen-bond donors (Lipinski definition) is 1. The lowest BCUT2D eigenvalue weighted by Crippen LogP contribution is -2.63. The second kappa shape index (κ2) is 6.45. The van der Waals surface area contributed by atoms with E-state index in [2.05, 4.69) is 41.2 Å². The van der Waals surface area contributed by atoms with E-state index in [4.69, 9.17) is 0 Å². The van der Waals surface area contributed by atoms with Gasteiger partial charge in [0.25, 0.3) is 0 Å². The highest BCUT2D eigenvalue weighted by atomic mass is 15.3. The fourth-order valence-corrected chi connectivity index (χ4v) is 4.16. The lowest BCUT2D eigenvalue weighted by molar-refractivity contribution is 0.0314. The van der Waals surface area contributed by atoms with Crippen LogP contribution in [0.25, 0.3) is 0 Å². The fourth-order valence-electron chi connectivity index (χ4n) is 4.16. The van der Waals surface area contributed by atoms with Crippen LogP contribution >= 0.6 is 0 Å². The molecule has 2 heterocycles. The Bertz CT molecular complexity index is 437. The van der Waals surface area contributed by atoms with E-state index < -0.39 is 0 Å². The van der Waals surface area contributed by atoms with E-state index in [0.717, 1.165) is 12.5 Å². The molecule has 2 aliphatic rings. The van der Waals surface area contributed by atoms with Gasteiger partial charge in [-0.1, -0.05) is 26.7 Å². The maximum Gasteiger partial charge on any atom is 0.0338 e. The lowest BCUT2D eigenvalue weighted by Gasteiger charge is -2.49. The molecule has 1 atom stereocenters. The number of aromatic nitrogens is 1. The summed E-state index contributed by atoms with van der Waals surface area (Å²) in [6.45, 7) is 8.11. The van der Waals surface area contributed by atoms with Crippen LogP contribution in [0.5, 0.6) is 0 Å². The third kappa shape index (κ3) is 3.46. The highest BCUT2D eigenvalue weighted by molar-refractivity contribution is 5.12. The van der Waals surface area contributed by atoms with Gasteiger partial charge in [-0.05, 0) is 42.9 Å². The van der Waals surface area contributed by atoms with E-state index in [0.29, 0.717) is 11.6 Å². The normalized spacial score (nSPS) is 25.8. The Hall–Kier alpha value is -0.930. The molecule has 1 saturated carbocycles. The topological polar surface area (TPSA) is 28.2 Å². The molecule has 1 spiro atoms. The number of nitrogens with zero attached hydrogens (tertiary/aromatic N) is 2. The summed E-state index contributed by atoms with van der Waals surface area (Å²) in [7, 11) is 0. The Balaban J connectivity index is 1.73. The zero-order chi connectivity index (χ0) is 14.7. The molecule has 116 valence electrons. The minimum atomic E-state index is 0.413. The van der Waals surface area contributed by atoms with Crippen LogP contribution in [0, 0.1) is 5.92 Å². The minimum Gasteiger partial charge on any atom is -0.311 e. The number of pyridine rings is 1. The minimum absolute atomic E-state index is 0.413. The summed E-state index contributed by atoms with van der Waals surface area (Å²) >= 11 is 0. The Labute approximate surface area is 129 Å². The Morgan fingerprint density at radius 3 is 2.67 bits per heavy atom. The fraction of sp³-hybridized carbons (Fsp3) is 0.722. The van der Waals surface area contributed by atoms with Crippen LogP contribution in [0.3, 0.4) is 0 Å². The van der Waals surface area contributed by atoms with Crippen molar-refractivity contribution in [2.75, 3.05) is 13.1 Å². The summed E-state index contributed by atoms with van der Waals surface area (Å²) < 4.78 is 0. The summed E-state index contributed by atoms with van der Waals surface area (Å²) in [5.41, 5.74) is 1.82. The molecule has 1 aliphatic carbocycles. The van der Waals surface area contributed by atoms with Crippen molar-refractivity contribution in [1.29, 1.82) is 0 Å². The molecular formula is C18H29N3. The molecular weight excluding hydrogens is 258 g/mol. The number of hydrogen-bond acceptors (Lipinski definition) is 3. The molecule has 1 aliphatic heterocycles. The van der Waals surface area contributed by atoms with Gasteiger partial charge in [0.05, 0.1) is 0 Å². The average molecular weight is 287 g/mol. The Kier molecular flexibility index (Phi) is 4.60. The number of rotatable bonds is 4. The first kappa shape index (κ1) is 15.0. The predicted molar refractivity (Wildman–Crippen MR) is 87.1 cm³/mol. The van der Waals surface area contributed by atoms with Gasteiger partial charge >= 0.3 is 0 Å². The molecule has 3 nitrogen and oxygen atoms in total. The molecule has 2 fully saturated rings. The molecule has 3 heteroatoms. The second-order valence-corrected chi connectivity index (χ2v) is 7.37. The summed E-state index contributed by atoms with van der Waals surface area (Å²) in [6.07, 6.45) is 10.6. The van der Waals surface area contributed by atoms with Gasteiger partial charge in [0.1, 0.15) is 0 Å². The third-order valence-electron chi connectivity index (χ3n) is 5.24. The predicted octanol–water partition coefficient (Wildman–Crippen LogP) is 3.21. The van der Waals surface area contributed by atoms with Crippen molar-refractivity contribution in [3.05, 3.63) is 30.1 Å². The van der Waals surface area contributed by atoms with Crippen molar-refractivity contribution in [2.45, 2.75) is 64.1 Å². The van der Waals surface area contributed by atoms with Gasteiger partial charge in [0.2, 0.25) is 0 Å². The molecule has 3 rings (SSSR count). The van der Waals surface area contributed by atoms with Crippen molar-refractivity contribution in [2.24, 2.45) is 5.92 Å². The van der Waals surface area contributed by atoms with E-state index in [1.54, 1.807) is 0 Å². The molecule has 1 aromatic heterocycles. The van der Waals surface area contributed by atoms with E-state index in [-0.39, 0.29) is 0 Å². The molecule has 1 unspecified atom stereocenters. The van der Waals surface area contributed by atoms with Gasteiger partial charge in [-0.25, -0.2) is 0 Å². The smallest absolute Gasteiger partial charge is 0.0338 e. The maximum atomic E-state index is 4.15. The van der Waals surface area contributed by atoms with Crippen LogP contribution in [0.15, 0.2) is 24.5 Å². The van der Waals surface area contributed by atoms with Crippen molar-refractivity contribution >= 4 is 0 Å². The molecule has 21 heavy (non-hydrogen) atoms.